The molecular formula is C15H12BrF3. The van der Waals surface area contributed by atoms with Crippen molar-refractivity contribution in [2.45, 2.75) is 19.0 Å². The van der Waals surface area contributed by atoms with E-state index < -0.39 is 11.7 Å². The Kier molecular flexibility index (Phi) is 4.30. The summed E-state index contributed by atoms with van der Waals surface area (Å²) in [6, 6.07) is 13.3. The highest BCUT2D eigenvalue weighted by molar-refractivity contribution is 9.10. The van der Waals surface area contributed by atoms with Gasteiger partial charge in [0.25, 0.3) is 0 Å². The van der Waals surface area contributed by atoms with Crippen molar-refractivity contribution in [3.8, 4) is 0 Å². The molecule has 0 bridgehead atoms. The lowest BCUT2D eigenvalue weighted by molar-refractivity contribution is -0.137. The number of hydrogen-bond acceptors (Lipinski definition) is 0. The molecule has 0 saturated carbocycles. The van der Waals surface area contributed by atoms with E-state index in [0.717, 1.165) is 22.5 Å². The van der Waals surface area contributed by atoms with Crippen molar-refractivity contribution in [3.05, 3.63) is 69.7 Å². The molecule has 0 aliphatic carbocycles. The molecule has 0 atom stereocenters. The molecule has 19 heavy (non-hydrogen) atoms. The monoisotopic (exact) mass is 328 g/mol. The van der Waals surface area contributed by atoms with Crippen molar-refractivity contribution >= 4 is 15.9 Å². The molecule has 0 radical (unpaired) electrons. The maximum absolute atomic E-state index is 12.6. The molecule has 2 aromatic rings. The number of rotatable bonds is 3. The van der Waals surface area contributed by atoms with E-state index in [9.17, 15) is 13.2 Å². The Balaban J connectivity index is 2.08. The Hall–Kier alpha value is -1.29. The predicted molar refractivity (Wildman–Crippen MR) is 73.0 cm³/mol. The van der Waals surface area contributed by atoms with Crippen LogP contribution < -0.4 is 0 Å². The van der Waals surface area contributed by atoms with Crippen molar-refractivity contribution in [3.63, 3.8) is 0 Å². The van der Waals surface area contributed by atoms with Crippen LogP contribution in [0.3, 0.4) is 0 Å². The summed E-state index contributed by atoms with van der Waals surface area (Å²) in [5.74, 6) is 0. The van der Waals surface area contributed by atoms with Gasteiger partial charge in [0.15, 0.2) is 0 Å². The molecule has 0 unspecified atom stereocenters. The second-order valence-corrected chi connectivity index (χ2v) is 5.24. The van der Waals surface area contributed by atoms with Crippen LogP contribution in [0, 0.1) is 0 Å². The van der Waals surface area contributed by atoms with Crippen LogP contribution in [-0.2, 0) is 19.0 Å². The molecule has 100 valence electrons. The molecule has 0 N–H and O–H groups in total. The number of alkyl halides is 3. The van der Waals surface area contributed by atoms with Gasteiger partial charge in [-0.1, -0.05) is 46.3 Å². The third kappa shape index (κ3) is 4.10. The van der Waals surface area contributed by atoms with Crippen molar-refractivity contribution in [2.75, 3.05) is 0 Å². The zero-order chi connectivity index (χ0) is 13.9. The normalized spacial score (nSPS) is 11.6. The van der Waals surface area contributed by atoms with Gasteiger partial charge in [0.1, 0.15) is 0 Å². The van der Waals surface area contributed by atoms with Crippen LogP contribution >= 0.6 is 15.9 Å². The molecule has 0 nitrogen and oxygen atoms in total. The molecular weight excluding hydrogens is 317 g/mol. The number of aryl methyl sites for hydroxylation is 2. The average Bonchev–Trinajstić information content (AvgIpc) is 2.36. The van der Waals surface area contributed by atoms with Gasteiger partial charge >= 0.3 is 6.18 Å². The standard InChI is InChI=1S/C15H12BrF3/c16-14-6-2-4-12(10-14)8-7-11-3-1-5-13(9-11)15(17,18)19/h1-6,9-10H,7-8H2. The van der Waals surface area contributed by atoms with Gasteiger partial charge < -0.3 is 0 Å². The molecule has 0 aromatic heterocycles. The summed E-state index contributed by atoms with van der Waals surface area (Å²) in [6.07, 6.45) is -2.95. The van der Waals surface area contributed by atoms with Crippen molar-refractivity contribution in [1.82, 2.24) is 0 Å². The number of hydrogen-bond donors (Lipinski definition) is 0. The van der Waals surface area contributed by atoms with Gasteiger partial charge in [0.2, 0.25) is 0 Å². The summed E-state index contributed by atoms with van der Waals surface area (Å²) in [5, 5.41) is 0. The zero-order valence-corrected chi connectivity index (χ0v) is 11.6. The van der Waals surface area contributed by atoms with Crippen LogP contribution in [0.15, 0.2) is 53.0 Å². The highest BCUT2D eigenvalue weighted by atomic mass is 79.9. The largest absolute Gasteiger partial charge is 0.416 e. The predicted octanol–water partition coefficient (Wildman–Crippen LogP) is 5.25. The maximum Gasteiger partial charge on any atom is 0.416 e. The lowest BCUT2D eigenvalue weighted by Gasteiger charge is -2.08. The fourth-order valence-corrected chi connectivity index (χ4v) is 2.33. The molecule has 2 rings (SSSR count). The maximum atomic E-state index is 12.6. The molecule has 2 aromatic carbocycles. The third-order valence-electron chi connectivity index (χ3n) is 2.85. The summed E-state index contributed by atoms with van der Waals surface area (Å²) in [5.41, 5.74) is 1.22. The first-order chi connectivity index (χ1) is 8.95. The molecule has 4 heteroatoms. The van der Waals surface area contributed by atoms with E-state index in [1.807, 2.05) is 24.3 Å². The summed E-state index contributed by atoms with van der Waals surface area (Å²) in [6.45, 7) is 0. The number of halogens is 4. The molecule has 0 aliphatic heterocycles. The summed E-state index contributed by atoms with van der Waals surface area (Å²) in [7, 11) is 0. The molecule has 0 heterocycles. The van der Waals surface area contributed by atoms with E-state index >= 15 is 0 Å². The first-order valence-corrected chi connectivity index (χ1v) is 6.65. The van der Waals surface area contributed by atoms with E-state index in [2.05, 4.69) is 15.9 Å². The minimum absolute atomic E-state index is 0.584. The summed E-state index contributed by atoms with van der Waals surface area (Å²) < 4.78 is 38.7. The van der Waals surface area contributed by atoms with E-state index in [1.54, 1.807) is 6.07 Å². The van der Waals surface area contributed by atoms with Crippen LogP contribution in [0.1, 0.15) is 16.7 Å². The van der Waals surface area contributed by atoms with Crippen molar-refractivity contribution in [1.29, 1.82) is 0 Å². The smallest absolute Gasteiger partial charge is 0.166 e. The molecule has 0 fully saturated rings. The highest BCUT2D eigenvalue weighted by Crippen LogP contribution is 2.29. The Morgan fingerprint density at radius 3 is 2.00 bits per heavy atom. The quantitative estimate of drug-likeness (QED) is 0.721. The lowest BCUT2D eigenvalue weighted by Crippen LogP contribution is -2.05. The molecule has 0 saturated heterocycles. The summed E-state index contributed by atoms with van der Waals surface area (Å²) in [4.78, 5) is 0. The van der Waals surface area contributed by atoms with Gasteiger partial charge in [-0.2, -0.15) is 13.2 Å². The van der Waals surface area contributed by atoms with Crippen molar-refractivity contribution < 1.29 is 13.2 Å². The second-order valence-electron chi connectivity index (χ2n) is 4.33. The molecule has 0 spiro atoms. The third-order valence-corrected chi connectivity index (χ3v) is 3.34. The van der Waals surface area contributed by atoms with Gasteiger partial charge in [-0.3, -0.25) is 0 Å². The lowest BCUT2D eigenvalue weighted by atomic mass is 10.0. The van der Waals surface area contributed by atoms with E-state index in [0.29, 0.717) is 12.0 Å². The first-order valence-electron chi connectivity index (χ1n) is 5.86. The van der Waals surface area contributed by atoms with Crippen LogP contribution in [0.25, 0.3) is 0 Å². The molecule has 0 aliphatic rings. The minimum Gasteiger partial charge on any atom is -0.166 e. The number of benzene rings is 2. The topological polar surface area (TPSA) is 0 Å². The van der Waals surface area contributed by atoms with E-state index in [1.165, 1.54) is 12.1 Å². The van der Waals surface area contributed by atoms with Crippen LogP contribution in [0.4, 0.5) is 13.2 Å². The van der Waals surface area contributed by atoms with Gasteiger partial charge in [0.05, 0.1) is 5.56 Å². The SMILES string of the molecule is FC(F)(F)c1cccc(CCc2cccc(Br)c2)c1. The van der Waals surface area contributed by atoms with E-state index in [4.69, 9.17) is 0 Å². The second kappa shape index (κ2) is 5.78. The Morgan fingerprint density at radius 1 is 0.842 bits per heavy atom. The Morgan fingerprint density at radius 2 is 1.42 bits per heavy atom. The van der Waals surface area contributed by atoms with Crippen molar-refractivity contribution in [2.24, 2.45) is 0 Å². The van der Waals surface area contributed by atoms with Crippen LogP contribution in [0.2, 0.25) is 0 Å². The first kappa shape index (κ1) is 14.1. The van der Waals surface area contributed by atoms with Gasteiger partial charge in [0, 0.05) is 4.47 Å². The zero-order valence-electron chi connectivity index (χ0n) is 10.0. The van der Waals surface area contributed by atoms with Crippen LogP contribution in [0.5, 0.6) is 0 Å². The summed E-state index contributed by atoms with van der Waals surface area (Å²) >= 11 is 3.38. The fraction of sp³-hybridized carbons (Fsp3) is 0.200. The Labute approximate surface area is 118 Å². The Bertz CT molecular complexity index is 561. The van der Waals surface area contributed by atoms with E-state index in [-0.39, 0.29) is 0 Å². The minimum atomic E-state index is -4.27. The van der Waals surface area contributed by atoms with Gasteiger partial charge in [-0.15, -0.1) is 0 Å². The molecule has 0 amide bonds. The van der Waals surface area contributed by atoms with Gasteiger partial charge in [-0.25, -0.2) is 0 Å². The highest BCUT2D eigenvalue weighted by Gasteiger charge is 2.30. The van der Waals surface area contributed by atoms with Gasteiger partial charge in [-0.05, 0) is 42.2 Å². The van der Waals surface area contributed by atoms with Crippen LogP contribution in [-0.4, -0.2) is 0 Å². The average molecular weight is 329 g/mol. The fourth-order valence-electron chi connectivity index (χ4n) is 1.88.